The number of esters is 1. The minimum atomic E-state index is -2.51. The third-order valence-corrected chi connectivity index (χ3v) is 21.3. The number of carbonyl (C=O) groups excluding carboxylic acids is 1. The van der Waals surface area contributed by atoms with Gasteiger partial charge in [0.2, 0.25) is 0 Å². The molecule has 0 N–H and O–H groups in total. The summed E-state index contributed by atoms with van der Waals surface area (Å²) < 4.78 is 11.2. The van der Waals surface area contributed by atoms with Gasteiger partial charge in [-0.25, -0.2) is 0 Å². The zero-order chi connectivity index (χ0) is 24.3. The van der Waals surface area contributed by atoms with Crippen LogP contribution in [0.25, 0.3) is 0 Å². The quantitative estimate of drug-likeness (QED) is 0.123. The fourth-order valence-corrected chi connectivity index (χ4v) is 18.8. The fraction of sp³-hybridized carbons (Fsp3) is 0.759. The molecule has 1 rings (SSSR count). The van der Waals surface area contributed by atoms with Gasteiger partial charge in [0, 0.05) is 0 Å². The van der Waals surface area contributed by atoms with E-state index >= 15 is 0 Å². The van der Waals surface area contributed by atoms with Gasteiger partial charge in [0.1, 0.15) is 0 Å². The number of hydrogen-bond acceptors (Lipinski definition) is 2. The Balaban J connectivity index is 3.31. The molecule has 0 atom stereocenters. The first-order valence-electron chi connectivity index (χ1n) is 13.5. The van der Waals surface area contributed by atoms with Crippen molar-refractivity contribution in [1.82, 2.24) is 0 Å². The van der Waals surface area contributed by atoms with Crippen molar-refractivity contribution in [2.45, 2.75) is 132 Å². The Hall–Kier alpha value is -0.511. The summed E-state index contributed by atoms with van der Waals surface area (Å²) in [6.07, 6.45) is 7.65. The van der Waals surface area contributed by atoms with Crippen LogP contribution in [0.2, 0.25) is 13.3 Å². The summed E-state index contributed by atoms with van der Waals surface area (Å²) in [4.78, 5) is 13.7. The zero-order valence-corrected chi connectivity index (χ0v) is 25.6. The monoisotopic (exact) mass is 553 g/mol. The van der Waals surface area contributed by atoms with E-state index in [1.165, 1.54) is 68.5 Å². The van der Waals surface area contributed by atoms with Gasteiger partial charge < -0.3 is 0 Å². The first-order chi connectivity index (χ1) is 15.1. The van der Waals surface area contributed by atoms with Crippen LogP contribution in [-0.4, -0.2) is 29.0 Å². The molecule has 2 nitrogen and oxygen atoms in total. The van der Waals surface area contributed by atoms with Crippen LogP contribution in [0, 0.1) is 0 Å². The number of ether oxygens (including phenoxy) is 1. The molecule has 32 heavy (non-hydrogen) atoms. The summed E-state index contributed by atoms with van der Waals surface area (Å²) in [7, 11) is 0. The summed E-state index contributed by atoms with van der Waals surface area (Å²) >= 11 is -2.51. The van der Waals surface area contributed by atoms with Gasteiger partial charge in [-0.05, 0) is 0 Å². The van der Waals surface area contributed by atoms with Gasteiger partial charge >= 0.3 is 205 Å². The van der Waals surface area contributed by atoms with Gasteiger partial charge in [0.05, 0.1) is 0 Å². The molecule has 1 aromatic rings. The van der Waals surface area contributed by atoms with Crippen molar-refractivity contribution >= 4 is 24.3 Å². The van der Waals surface area contributed by atoms with Crippen LogP contribution in [0.5, 0.6) is 0 Å². The number of unbranched alkanes of at least 4 members (excludes halogenated alkanes) is 3. The van der Waals surface area contributed by atoms with Crippen LogP contribution in [0.15, 0.2) is 12.1 Å². The molecule has 0 saturated carbocycles. The Bertz CT molecular complexity index is 640. The van der Waals surface area contributed by atoms with Crippen LogP contribution < -0.4 is 0 Å². The molecule has 184 valence electrons. The second-order valence-corrected chi connectivity index (χ2v) is 24.6. The zero-order valence-electron chi connectivity index (χ0n) is 22.8. The van der Waals surface area contributed by atoms with E-state index < -0.39 is 18.4 Å². The van der Waals surface area contributed by atoms with Crippen molar-refractivity contribution in [3.8, 4) is 0 Å². The van der Waals surface area contributed by atoms with E-state index in [1.54, 1.807) is 0 Å². The maximum absolute atomic E-state index is 13.7. The molecule has 0 aliphatic rings. The average molecular weight is 552 g/mol. The van der Waals surface area contributed by atoms with Crippen molar-refractivity contribution in [3.63, 3.8) is 0 Å². The fourth-order valence-electron chi connectivity index (χ4n) is 4.73. The molecule has 0 unspecified atom stereocenters. The molecule has 0 spiro atoms. The summed E-state index contributed by atoms with van der Waals surface area (Å²) in [6, 6.07) is 4.53. The minimum absolute atomic E-state index is 0.0572. The van der Waals surface area contributed by atoms with Crippen molar-refractivity contribution in [2.24, 2.45) is 0 Å². The third kappa shape index (κ3) is 8.69. The molecule has 0 amide bonds. The molecule has 0 bridgehead atoms. The normalized spacial score (nSPS) is 12.2. The van der Waals surface area contributed by atoms with E-state index in [0.29, 0.717) is 17.8 Å². The Labute approximate surface area is 204 Å². The van der Waals surface area contributed by atoms with Gasteiger partial charge in [-0.2, -0.15) is 0 Å². The second-order valence-electron chi connectivity index (χ2n) is 10.9. The van der Waals surface area contributed by atoms with Crippen molar-refractivity contribution < 1.29 is 9.53 Å². The van der Waals surface area contributed by atoms with Crippen LogP contribution in [-0.2, 0) is 4.74 Å². The van der Waals surface area contributed by atoms with E-state index in [0.717, 1.165) is 10.2 Å². The number of carbonyl (C=O) groups is 1. The van der Waals surface area contributed by atoms with E-state index in [1.807, 2.05) is 0 Å². The summed E-state index contributed by atoms with van der Waals surface area (Å²) in [5.74, 6) is 1.01. The average Bonchev–Trinajstić information content (AvgIpc) is 2.76. The standard InChI is InChI=1S/C17H25O2.3C4H9.Sn/c1-10(2)13-8-14(11(3)4)16(17(18)19-7)15(9-13)12(5)6;3*1-3-4-2;/h8-12H,7H2,1-6H3;3*1,3-4H2,2H3;/i7+1;;;;. The molecule has 0 aliphatic heterocycles. The number of rotatable bonds is 15. The predicted octanol–water partition coefficient (Wildman–Crippen LogP) is 9.60. The molecule has 0 fully saturated rings. The van der Waals surface area contributed by atoms with E-state index in [4.69, 9.17) is 4.74 Å². The third-order valence-electron chi connectivity index (χ3n) is 7.03. The molecule has 0 heterocycles. The van der Waals surface area contributed by atoms with Crippen molar-refractivity contribution in [3.05, 3.63) is 34.4 Å². The van der Waals surface area contributed by atoms with Gasteiger partial charge in [-0.1, -0.05) is 0 Å². The summed E-state index contributed by atoms with van der Waals surface area (Å²) in [5.41, 5.74) is 4.53. The van der Waals surface area contributed by atoms with E-state index in [9.17, 15) is 4.79 Å². The molecule has 1 aromatic carbocycles. The van der Waals surface area contributed by atoms with Crippen molar-refractivity contribution in [1.29, 1.82) is 0 Å². The molecular formula is C29H52O2Sn. The Morgan fingerprint density at radius 2 is 1.16 bits per heavy atom. The summed E-state index contributed by atoms with van der Waals surface area (Å²) in [6.45, 7) is 20.2. The first-order valence-corrected chi connectivity index (χ1v) is 21.5. The predicted molar refractivity (Wildman–Crippen MR) is 144 cm³/mol. The number of hydrogen-bond donors (Lipinski definition) is 0. The van der Waals surface area contributed by atoms with Crippen LogP contribution in [0.4, 0.5) is 0 Å². The Morgan fingerprint density at radius 3 is 1.47 bits per heavy atom. The maximum atomic E-state index is 13.7. The van der Waals surface area contributed by atoms with Gasteiger partial charge in [0.25, 0.3) is 0 Å². The van der Waals surface area contributed by atoms with Gasteiger partial charge in [-0.15, -0.1) is 0 Å². The van der Waals surface area contributed by atoms with Crippen LogP contribution >= 0.6 is 0 Å². The van der Waals surface area contributed by atoms with E-state index in [2.05, 4.69) is 74.4 Å². The molecule has 0 radical (unpaired) electrons. The van der Waals surface area contributed by atoms with Crippen molar-refractivity contribution in [2.75, 3.05) is 4.62 Å². The van der Waals surface area contributed by atoms with Crippen LogP contribution in [0.3, 0.4) is 0 Å². The summed E-state index contributed by atoms with van der Waals surface area (Å²) in [5, 5.41) is 0. The second kappa shape index (κ2) is 14.7. The number of benzene rings is 1. The molecular weight excluding hydrogens is 500 g/mol. The Morgan fingerprint density at radius 1 is 0.750 bits per heavy atom. The topological polar surface area (TPSA) is 26.3 Å². The Kier molecular flexibility index (Phi) is 13.5. The van der Waals surface area contributed by atoms with E-state index in [-0.39, 0.29) is 5.97 Å². The SMILES string of the molecule is CCC[CH2][Sn]([CH2]CCC)([CH2]CCC)[13CH2]OC(=O)c1c(C(C)C)cc(C(C)C)cc1C(C)C. The molecule has 0 aromatic heterocycles. The first kappa shape index (κ1) is 29.5. The van der Waals surface area contributed by atoms with Crippen LogP contribution in [0.1, 0.15) is 146 Å². The molecule has 0 aliphatic carbocycles. The van der Waals surface area contributed by atoms with Gasteiger partial charge in [0.15, 0.2) is 0 Å². The molecule has 0 saturated heterocycles. The van der Waals surface area contributed by atoms with Gasteiger partial charge in [-0.3, -0.25) is 0 Å². The molecule has 3 heteroatoms.